The van der Waals surface area contributed by atoms with Crippen LogP contribution in [0, 0.1) is 0 Å². The van der Waals surface area contributed by atoms with Gasteiger partial charge in [-0.25, -0.2) is 4.79 Å². The summed E-state index contributed by atoms with van der Waals surface area (Å²) in [5, 5.41) is 0. The Kier molecular flexibility index (Phi) is 7.33. The molecule has 0 bridgehead atoms. The van der Waals surface area contributed by atoms with Crippen molar-refractivity contribution in [1.29, 1.82) is 0 Å². The molecule has 0 saturated carbocycles. The van der Waals surface area contributed by atoms with Crippen LogP contribution in [0.4, 0.5) is 4.79 Å². The van der Waals surface area contributed by atoms with Gasteiger partial charge in [-0.15, -0.1) is 0 Å². The van der Waals surface area contributed by atoms with Crippen molar-refractivity contribution in [3.63, 3.8) is 0 Å². The second-order valence-electron chi connectivity index (χ2n) is 8.85. The van der Waals surface area contributed by atoms with E-state index in [4.69, 9.17) is 9.47 Å². The molecule has 2 aromatic rings. The quantitative estimate of drug-likeness (QED) is 0.676. The molecular formula is C25H32N2O4. The minimum atomic E-state index is -0.487. The summed E-state index contributed by atoms with van der Waals surface area (Å²) in [4.78, 5) is 28.2. The molecule has 1 aliphatic heterocycles. The number of ether oxygens (including phenoxy) is 2. The molecule has 6 nitrogen and oxygen atoms in total. The molecule has 166 valence electrons. The molecular weight excluding hydrogens is 392 g/mol. The fraction of sp³-hybridized carbons (Fsp3) is 0.440. The van der Waals surface area contributed by atoms with Crippen molar-refractivity contribution in [2.75, 3.05) is 33.3 Å². The van der Waals surface area contributed by atoms with Gasteiger partial charge in [-0.3, -0.25) is 9.69 Å². The van der Waals surface area contributed by atoms with E-state index in [0.29, 0.717) is 13.1 Å². The predicted octanol–water partition coefficient (Wildman–Crippen LogP) is 4.12. The Labute approximate surface area is 184 Å². The van der Waals surface area contributed by atoms with Crippen LogP contribution in [-0.2, 0) is 27.2 Å². The van der Waals surface area contributed by atoms with Crippen molar-refractivity contribution >= 4 is 12.1 Å². The highest BCUT2D eigenvalue weighted by Crippen LogP contribution is 2.27. The maximum Gasteiger partial charge on any atom is 0.410 e. The lowest BCUT2D eigenvalue weighted by Gasteiger charge is -2.36. The number of carbonyl (C=O) groups excluding carboxylic acids is 2. The van der Waals surface area contributed by atoms with Gasteiger partial charge in [0.2, 0.25) is 0 Å². The van der Waals surface area contributed by atoms with Gasteiger partial charge in [0.05, 0.1) is 13.5 Å². The van der Waals surface area contributed by atoms with Crippen molar-refractivity contribution in [2.45, 2.75) is 39.3 Å². The summed E-state index contributed by atoms with van der Waals surface area (Å²) >= 11 is 0. The molecule has 3 rings (SSSR count). The molecule has 31 heavy (non-hydrogen) atoms. The first-order chi connectivity index (χ1) is 14.7. The van der Waals surface area contributed by atoms with Gasteiger partial charge in [0.1, 0.15) is 5.60 Å². The highest BCUT2D eigenvalue weighted by atomic mass is 16.6. The van der Waals surface area contributed by atoms with Crippen LogP contribution < -0.4 is 0 Å². The number of carbonyl (C=O) groups is 2. The maximum atomic E-state index is 12.3. The first-order valence-electron chi connectivity index (χ1n) is 10.7. The first-order valence-corrected chi connectivity index (χ1v) is 10.7. The van der Waals surface area contributed by atoms with E-state index in [0.717, 1.165) is 36.3 Å². The molecule has 0 unspecified atom stereocenters. The van der Waals surface area contributed by atoms with Crippen molar-refractivity contribution in [1.82, 2.24) is 9.80 Å². The van der Waals surface area contributed by atoms with Crippen LogP contribution in [0.2, 0.25) is 0 Å². The third-order valence-electron chi connectivity index (χ3n) is 5.25. The summed E-state index contributed by atoms with van der Waals surface area (Å²) < 4.78 is 10.3. The standard InChI is InChI=1S/C25H32N2O4/c1-25(2,3)31-24(29)27-14-12-26(13-15-27)18-21-16-19(17-23(28)30-4)10-11-22(21)20-8-6-5-7-9-20/h5-11,16H,12-15,17-18H2,1-4H3. The predicted molar refractivity (Wildman–Crippen MR) is 121 cm³/mol. The van der Waals surface area contributed by atoms with Gasteiger partial charge in [0, 0.05) is 32.7 Å². The minimum absolute atomic E-state index is 0.246. The molecule has 1 amide bonds. The molecule has 0 spiro atoms. The Morgan fingerprint density at radius 3 is 2.26 bits per heavy atom. The van der Waals surface area contributed by atoms with Crippen LogP contribution in [0.25, 0.3) is 11.1 Å². The molecule has 0 N–H and O–H groups in total. The van der Waals surface area contributed by atoms with Gasteiger partial charge in [-0.05, 0) is 43.0 Å². The van der Waals surface area contributed by atoms with E-state index in [9.17, 15) is 9.59 Å². The zero-order chi connectivity index (χ0) is 22.4. The average Bonchev–Trinajstić information content (AvgIpc) is 2.74. The number of benzene rings is 2. The number of piperazine rings is 1. The van der Waals surface area contributed by atoms with E-state index in [1.54, 1.807) is 4.90 Å². The monoisotopic (exact) mass is 424 g/mol. The fourth-order valence-corrected chi connectivity index (χ4v) is 3.68. The number of hydrogen-bond donors (Lipinski definition) is 0. The first kappa shape index (κ1) is 22.8. The largest absolute Gasteiger partial charge is 0.469 e. The Bertz CT molecular complexity index is 897. The molecule has 0 aliphatic carbocycles. The van der Waals surface area contributed by atoms with Crippen molar-refractivity contribution < 1.29 is 19.1 Å². The Morgan fingerprint density at radius 1 is 0.968 bits per heavy atom. The van der Waals surface area contributed by atoms with Crippen LogP contribution in [-0.4, -0.2) is 60.8 Å². The highest BCUT2D eigenvalue weighted by Gasteiger charge is 2.26. The second kappa shape index (κ2) is 9.96. The zero-order valence-electron chi connectivity index (χ0n) is 18.9. The summed E-state index contributed by atoms with van der Waals surface area (Å²) in [5.41, 5.74) is 3.92. The van der Waals surface area contributed by atoms with Crippen LogP contribution >= 0.6 is 0 Å². The van der Waals surface area contributed by atoms with E-state index in [1.807, 2.05) is 45.0 Å². The fourth-order valence-electron chi connectivity index (χ4n) is 3.68. The molecule has 6 heteroatoms. The van der Waals surface area contributed by atoms with Crippen molar-refractivity contribution in [3.8, 4) is 11.1 Å². The molecule has 2 aromatic carbocycles. The summed E-state index contributed by atoms with van der Waals surface area (Å²) in [6.45, 7) is 9.22. The second-order valence-corrected chi connectivity index (χ2v) is 8.85. The molecule has 0 radical (unpaired) electrons. The lowest BCUT2D eigenvalue weighted by Crippen LogP contribution is -2.49. The van der Waals surface area contributed by atoms with Gasteiger partial charge < -0.3 is 14.4 Å². The van der Waals surface area contributed by atoms with Crippen LogP contribution in [0.5, 0.6) is 0 Å². The molecule has 1 aliphatic rings. The SMILES string of the molecule is COC(=O)Cc1ccc(-c2ccccc2)c(CN2CCN(C(=O)OC(C)(C)C)CC2)c1. The van der Waals surface area contributed by atoms with E-state index in [2.05, 4.69) is 29.2 Å². The van der Waals surface area contributed by atoms with Crippen LogP contribution in [0.1, 0.15) is 31.9 Å². The number of amides is 1. The normalized spacial score (nSPS) is 14.9. The number of hydrogen-bond acceptors (Lipinski definition) is 5. The number of nitrogens with zero attached hydrogens (tertiary/aromatic N) is 2. The molecule has 1 fully saturated rings. The summed E-state index contributed by atoms with van der Waals surface area (Å²) in [6.07, 6.45) is 0.00236. The maximum absolute atomic E-state index is 12.3. The van der Waals surface area contributed by atoms with Gasteiger partial charge in [0.25, 0.3) is 0 Å². The van der Waals surface area contributed by atoms with E-state index < -0.39 is 5.60 Å². The minimum Gasteiger partial charge on any atom is -0.469 e. The third kappa shape index (κ3) is 6.56. The van der Waals surface area contributed by atoms with Crippen LogP contribution in [0.3, 0.4) is 0 Å². The topological polar surface area (TPSA) is 59.1 Å². The van der Waals surface area contributed by atoms with Gasteiger partial charge >= 0.3 is 12.1 Å². The average molecular weight is 425 g/mol. The van der Waals surface area contributed by atoms with E-state index >= 15 is 0 Å². The number of esters is 1. The summed E-state index contributed by atoms with van der Waals surface area (Å²) in [6, 6.07) is 16.4. The van der Waals surface area contributed by atoms with Gasteiger partial charge in [0.15, 0.2) is 0 Å². The lowest BCUT2D eigenvalue weighted by molar-refractivity contribution is -0.139. The molecule has 1 heterocycles. The van der Waals surface area contributed by atoms with Crippen molar-refractivity contribution in [2.24, 2.45) is 0 Å². The Hall–Kier alpha value is -2.86. The number of methoxy groups -OCH3 is 1. The van der Waals surface area contributed by atoms with Crippen molar-refractivity contribution in [3.05, 3.63) is 59.7 Å². The van der Waals surface area contributed by atoms with Crippen LogP contribution in [0.15, 0.2) is 48.5 Å². The smallest absolute Gasteiger partial charge is 0.410 e. The van der Waals surface area contributed by atoms with Gasteiger partial charge in [-0.2, -0.15) is 0 Å². The third-order valence-corrected chi connectivity index (χ3v) is 5.25. The highest BCUT2D eigenvalue weighted by molar-refractivity contribution is 5.74. The lowest BCUT2D eigenvalue weighted by atomic mass is 9.96. The molecule has 0 atom stereocenters. The molecule has 0 aromatic heterocycles. The number of rotatable bonds is 5. The zero-order valence-corrected chi connectivity index (χ0v) is 18.9. The van der Waals surface area contributed by atoms with Gasteiger partial charge in [-0.1, -0.05) is 48.5 Å². The Morgan fingerprint density at radius 2 is 1.65 bits per heavy atom. The Balaban J connectivity index is 1.73. The van der Waals surface area contributed by atoms with E-state index in [-0.39, 0.29) is 18.5 Å². The summed E-state index contributed by atoms with van der Waals surface area (Å²) in [7, 11) is 1.41. The summed E-state index contributed by atoms with van der Waals surface area (Å²) in [5.74, 6) is -0.246. The van der Waals surface area contributed by atoms with E-state index in [1.165, 1.54) is 12.7 Å². The molecule has 1 saturated heterocycles.